The third kappa shape index (κ3) is 3.38. The maximum Gasteiger partial charge on any atom is 0.407 e. The zero-order chi connectivity index (χ0) is 19.0. The lowest BCUT2D eigenvalue weighted by Gasteiger charge is -2.38. The molecular formula is C17H16F6N2. The Morgan fingerprint density at radius 1 is 0.840 bits per heavy atom. The van der Waals surface area contributed by atoms with E-state index in [4.69, 9.17) is 11.5 Å². The summed E-state index contributed by atoms with van der Waals surface area (Å²) in [6.45, 7) is 1.50. The van der Waals surface area contributed by atoms with Gasteiger partial charge in [0, 0.05) is 11.4 Å². The van der Waals surface area contributed by atoms with Gasteiger partial charge in [0.05, 0.1) is 0 Å². The Balaban J connectivity index is 2.75. The van der Waals surface area contributed by atoms with E-state index in [0.717, 1.165) is 24.3 Å². The van der Waals surface area contributed by atoms with E-state index in [1.165, 1.54) is 25.1 Å². The monoisotopic (exact) mass is 362 g/mol. The van der Waals surface area contributed by atoms with E-state index >= 15 is 0 Å². The van der Waals surface area contributed by atoms with Gasteiger partial charge in [-0.15, -0.1) is 0 Å². The van der Waals surface area contributed by atoms with Crippen molar-refractivity contribution in [1.82, 2.24) is 0 Å². The molecule has 2 aromatic carbocycles. The molecule has 136 valence electrons. The third-order valence-electron chi connectivity index (χ3n) is 4.16. The Labute approximate surface area is 140 Å². The molecule has 0 fully saturated rings. The topological polar surface area (TPSA) is 52.0 Å². The number of hydrogen-bond donors (Lipinski definition) is 2. The molecule has 0 bridgehead atoms. The van der Waals surface area contributed by atoms with Crippen molar-refractivity contribution in [2.75, 3.05) is 11.5 Å². The summed E-state index contributed by atoms with van der Waals surface area (Å²) in [6.07, 6.45) is -12.5. The molecule has 2 aromatic rings. The first kappa shape index (κ1) is 19.0. The molecule has 0 aromatic heterocycles. The molecule has 4 N–H and O–H groups in total. The van der Waals surface area contributed by atoms with Gasteiger partial charge < -0.3 is 11.5 Å². The SMILES string of the molecule is Cc1ccc(C(Cc2cccc(N)c2)(C(F)(F)F)C(F)(F)F)cc1N. The number of aryl methyl sites for hydroxylation is 1. The van der Waals surface area contributed by atoms with Crippen molar-refractivity contribution < 1.29 is 26.3 Å². The Kier molecular flexibility index (Phi) is 4.67. The van der Waals surface area contributed by atoms with Crippen molar-refractivity contribution in [3.05, 3.63) is 59.2 Å². The van der Waals surface area contributed by atoms with E-state index in [-0.39, 0.29) is 16.9 Å². The molecule has 25 heavy (non-hydrogen) atoms. The second-order valence-corrected chi connectivity index (χ2v) is 5.89. The summed E-state index contributed by atoms with van der Waals surface area (Å²) in [4.78, 5) is 0. The van der Waals surface area contributed by atoms with Crippen LogP contribution in [-0.2, 0) is 11.8 Å². The summed E-state index contributed by atoms with van der Waals surface area (Å²) in [5.74, 6) is 0. The summed E-state index contributed by atoms with van der Waals surface area (Å²) in [5, 5.41) is 0. The van der Waals surface area contributed by atoms with Crippen molar-refractivity contribution in [3.8, 4) is 0 Å². The lowest BCUT2D eigenvalue weighted by atomic mass is 9.73. The minimum absolute atomic E-state index is 0.0826. The fourth-order valence-corrected chi connectivity index (χ4v) is 2.71. The van der Waals surface area contributed by atoms with E-state index < -0.39 is 29.8 Å². The first-order valence-electron chi connectivity index (χ1n) is 7.23. The van der Waals surface area contributed by atoms with Crippen LogP contribution < -0.4 is 11.5 Å². The number of hydrogen-bond acceptors (Lipinski definition) is 2. The molecule has 0 spiro atoms. The van der Waals surface area contributed by atoms with Gasteiger partial charge in [-0.2, -0.15) is 26.3 Å². The van der Waals surface area contributed by atoms with Crippen LogP contribution in [0.25, 0.3) is 0 Å². The fourth-order valence-electron chi connectivity index (χ4n) is 2.71. The summed E-state index contributed by atoms with van der Waals surface area (Å²) in [5.41, 5.74) is 6.20. The van der Waals surface area contributed by atoms with Crippen LogP contribution in [0.2, 0.25) is 0 Å². The number of rotatable bonds is 3. The number of nitrogen functional groups attached to an aromatic ring is 2. The molecule has 0 saturated carbocycles. The van der Waals surface area contributed by atoms with Gasteiger partial charge >= 0.3 is 12.4 Å². The zero-order valence-electron chi connectivity index (χ0n) is 13.2. The molecule has 0 amide bonds. The smallest absolute Gasteiger partial charge is 0.399 e. The highest BCUT2D eigenvalue weighted by atomic mass is 19.4. The Hall–Kier alpha value is -2.38. The molecule has 0 aliphatic rings. The van der Waals surface area contributed by atoms with E-state index in [1.807, 2.05) is 0 Å². The maximum absolute atomic E-state index is 13.8. The van der Waals surface area contributed by atoms with Crippen LogP contribution in [0.1, 0.15) is 16.7 Å². The summed E-state index contributed by atoms with van der Waals surface area (Å²) in [7, 11) is 0. The van der Waals surface area contributed by atoms with Crippen molar-refractivity contribution in [3.63, 3.8) is 0 Å². The van der Waals surface area contributed by atoms with Crippen LogP contribution in [0.4, 0.5) is 37.7 Å². The van der Waals surface area contributed by atoms with Gasteiger partial charge in [0.1, 0.15) is 0 Å². The van der Waals surface area contributed by atoms with Gasteiger partial charge in [0.2, 0.25) is 0 Å². The van der Waals surface area contributed by atoms with E-state index in [9.17, 15) is 26.3 Å². The Morgan fingerprint density at radius 3 is 1.92 bits per heavy atom. The second-order valence-electron chi connectivity index (χ2n) is 5.89. The van der Waals surface area contributed by atoms with Crippen LogP contribution >= 0.6 is 0 Å². The van der Waals surface area contributed by atoms with E-state index in [0.29, 0.717) is 5.56 Å². The highest BCUT2D eigenvalue weighted by molar-refractivity contribution is 5.52. The first-order chi connectivity index (χ1) is 11.4. The molecule has 2 rings (SSSR count). The van der Waals surface area contributed by atoms with Gasteiger partial charge in [-0.05, 0) is 48.2 Å². The average molecular weight is 362 g/mol. The van der Waals surface area contributed by atoms with Crippen molar-refractivity contribution in [2.24, 2.45) is 0 Å². The summed E-state index contributed by atoms with van der Waals surface area (Å²) in [6, 6.07) is 7.68. The van der Waals surface area contributed by atoms with Crippen LogP contribution in [0, 0.1) is 6.92 Å². The van der Waals surface area contributed by atoms with Crippen LogP contribution in [0.5, 0.6) is 0 Å². The summed E-state index contributed by atoms with van der Waals surface area (Å²) < 4.78 is 82.7. The minimum atomic E-state index is -5.59. The predicted octanol–water partition coefficient (Wildman–Crippen LogP) is 4.76. The Morgan fingerprint density at radius 2 is 1.44 bits per heavy atom. The van der Waals surface area contributed by atoms with Gasteiger partial charge in [0.15, 0.2) is 5.41 Å². The number of halogens is 6. The molecule has 0 aliphatic carbocycles. The maximum atomic E-state index is 13.8. The zero-order valence-corrected chi connectivity index (χ0v) is 13.2. The van der Waals surface area contributed by atoms with Crippen LogP contribution in [0.3, 0.4) is 0 Å². The number of benzene rings is 2. The van der Waals surface area contributed by atoms with Gasteiger partial charge in [-0.25, -0.2) is 0 Å². The number of anilines is 2. The molecule has 0 aliphatic heterocycles. The quantitative estimate of drug-likeness (QED) is 0.611. The number of nitrogens with two attached hydrogens (primary N) is 2. The third-order valence-corrected chi connectivity index (χ3v) is 4.16. The molecule has 8 heteroatoms. The minimum Gasteiger partial charge on any atom is -0.399 e. The van der Waals surface area contributed by atoms with Gasteiger partial charge in [-0.3, -0.25) is 0 Å². The molecule has 0 saturated heterocycles. The van der Waals surface area contributed by atoms with Crippen molar-refractivity contribution >= 4 is 11.4 Å². The fraction of sp³-hybridized carbons (Fsp3) is 0.294. The van der Waals surface area contributed by atoms with Crippen molar-refractivity contribution in [1.29, 1.82) is 0 Å². The second kappa shape index (κ2) is 6.16. The molecular weight excluding hydrogens is 346 g/mol. The normalized spacial score (nSPS) is 13.1. The standard InChI is InChI=1S/C17H16F6N2/c1-10-5-6-12(8-14(10)25)15(16(18,19)20,17(21,22)23)9-11-3-2-4-13(24)7-11/h2-8H,9,24-25H2,1H3. The molecule has 0 unspecified atom stereocenters. The molecule has 0 radical (unpaired) electrons. The highest BCUT2D eigenvalue weighted by Crippen LogP contribution is 2.54. The lowest BCUT2D eigenvalue weighted by molar-refractivity contribution is -0.303. The van der Waals surface area contributed by atoms with Crippen LogP contribution in [0.15, 0.2) is 42.5 Å². The Bertz CT molecular complexity index is 750. The molecule has 0 atom stereocenters. The van der Waals surface area contributed by atoms with Crippen LogP contribution in [-0.4, -0.2) is 12.4 Å². The van der Waals surface area contributed by atoms with Crippen molar-refractivity contribution in [2.45, 2.75) is 31.1 Å². The number of alkyl halides is 6. The summed E-state index contributed by atoms with van der Waals surface area (Å²) >= 11 is 0. The highest BCUT2D eigenvalue weighted by Gasteiger charge is 2.71. The molecule has 0 heterocycles. The van der Waals surface area contributed by atoms with Gasteiger partial charge in [-0.1, -0.05) is 24.3 Å². The largest absolute Gasteiger partial charge is 0.407 e. The van der Waals surface area contributed by atoms with E-state index in [2.05, 4.69) is 0 Å². The predicted molar refractivity (Wildman–Crippen MR) is 83.9 cm³/mol. The van der Waals surface area contributed by atoms with E-state index in [1.54, 1.807) is 0 Å². The average Bonchev–Trinajstić information content (AvgIpc) is 2.45. The molecule has 2 nitrogen and oxygen atoms in total. The first-order valence-corrected chi connectivity index (χ1v) is 7.23. The lowest BCUT2D eigenvalue weighted by Crippen LogP contribution is -2.55. The van der Waals surface area contributed by atoms with Gasteiger partial charge in [0.25, 0.3) is 0 Å².